The number of anilines is 1. The van der Waals surface area contributed by atoms with Crippen molar-refractivity contribution in [1.29, 1.82) is 0 Å². The van der Waals surface area contributed by atoms with Crippen LogP contribution in [0.3, 0.4) is 0 Å². The van der Waals surface area contributed by atoms with E-state index in [4.69, 9.17) is 0 Å². The summed E-state index contributed by atoms with van der Waals surface area (Å²) in [5.74, 6) is -3.80. The molecule has 0 radical (unpaired) electrons. The van der Waals surface area contributed by atoms with E-state index in [0.717, 1.165) is 0 Å². The third kappa shape index (κ3) is 5.30. The van der Waals surface area contributed by atoms with Crippen LogP contribution in [0.25, 0.3) is 0 Å². The fourth-order valence-corrected chi connectivity index (χ4v) is 1.29. The quantitative estimate of drug-likeness (QED) is 0.494. The molecule has 0 atom stereocenters. The van der Waals surface area contributed by atoms with Crippen molar-refractivity contribution >= 4 is 17.3 Å². The summed E-state index contributed by atoms with van der Waals surface area (Å²) in [4.78, 5) is 20.6. The van der Waals surface area contributed by atoms with E-state index in [9.17, 15) is 36.9 Å². The Kier molecular flexibility index (Phi) is 5.13. The molecule has 11 heteroatoms. The first kappa shape index (κ1) is 16.8. The molecule has 0 bridgehead atoms. The molecule has 0 aliphatic heterocycles. The van der Waals surface area contributed by atoms with E-state index >= 15 is 0 Å². The summed E-state index contributed by atoms with van der Waals surface area (Å²) >= 11 is 0. The minimum atomic E-state index is -4.53. The molecule has 0 heterocycles. The molecule has 0 unspecified atom stereocenters. The van der Waals surface area contributed by atoms with E-state index in [-0.39, 0.29) is 6.07 Å². The molecule has 1 aromatic rings. The van der Waals surface area contributed by atoms with Gasteiger partial charge >= 0.3 is 11.9 Å². The molecule has 2 N–H and O–H groups in total. The van der Waals surface area contributed by atoms with Crippen molar-refractivity contribution in [1.82, 2.24) is 5.32 Å². The van der Waals surface area contributed by atoms with Gasteiger partial charge in [-0.25, -0.2) is 4.39 Å². The van der Waals surface area contributed by atoms with Gasteiger partial charge in [0.05, 0.1) is 23.7 Å². The highest BCUT2D eigenvalue weighted by Crippen LogP contribution is 2.24. The summed E-state index contributed by atoms with van der Waals surface area (Å²) in [5.41, 5.74) is -1.78. The maximum atomic E-state index is 13.3. The van der Waals surface area contributed by atoms with Crippen LogP contribution >= 0.6 is 0 Å². The average molecular weight is 313 g/mol. The van der Waals surface area contributed by atoms with Crippen LogP contribution in [-0.4, -0.2) is 30.1 Å². The number of hydrogen-bond donors (Lipinski definition) is 2. The lowest BCUT2D eigenvalue weighted by atomic mass is 10.2. The average Bonchev–Trinajstić information content (AvgIpc) is 2.30. The van der Waals surface area contributed by atoms with Gasteiger partial charge in [-0.15, -0.1) is 0 Å². The third-order valence-electron chi connectivity index (χ3n) is 2.12. The van der Waals surface area contributed by atoms with E-state index in [1.54, 1.807) is 10.6 Å². The first-order valence-electron chi connectivity index (χ1n) is 5.31. The predicted molar refractivity (Wildman–Crippen MR) is 60.6 cm³/mol. The summed E-state index contributed by atoms with van der Waals surface area (Å²) in [6.45, 7) is -2.24. The van der Waals surface area contributed by atoms with Crippen LogP contribution in [0.1, 0.15) is 0 Å². The minimum Gasteiger partial charge on any atom is -0.322 e. The molecule has 0 saturated carbocycles. The van der Waals surface area contributed by atoms with E-state index in [1.165, 1.54) is 0 Å². The number of amides is 1. The van der Waals surface area contributed by atoms with Gasteiger partial charge in [0.25, 0.3) is 0 Å². The fourth-order valence-electron chi connectivity index (χ4n) is 1.29. The molecule has 6 nitrogen and oxygen atoms in total. The van der Waals surface area contributed by atoms with Crippen LogP contribution < -0.4 is 10.6 Å². The Hall–Kier alpha value is -2.30. The minimum absolute atomic E-state index is 0.191. The highest BCUT2D eigenvalue weighted by Gasteiger charge is 2.26. The number of carbonyl (C=O) groups is 1. The SMILES string of the molecule is O=C(CNCC(F)(F)F)Nc1cc([N+](=O)[O-])c(F)cc1F. The summed E-state index contributed by atoms with van der Waals surface area (Å²) < 4.78 is 61.7. The van der Waals surface area contributed by atoms with Crippen molar-refractivity contribution < 1.29 is 31.7 Å². The first-order valence-corrected chi connectivity index (χ1v) is 5.31. The summed E-state index contributed by atoms with van der Waals surface area (Å²) in [5, 5.41) is 14.0. The Morgan fingerprint density at radius 1 is 1.24 bits per heavy atom. The molecule has 0 aliphatic carbocycles. The normalized spacial score (nSPS) is 11.3. The lowest BCUT2D eigenvalue weighted by Gasteiger charge is -2.09. The number of nitrogens with one attached hydrogen (secondary N) is 2. The van der Waals surface area contributed by atoms with Crippen molar-refractivity contribution in [3.8, 4) is 0 Å². The van der Waals surface area contributed by atoms with Gasteiger partial charge in [-0.3, -0.25) is 14.9 Å². The first-order chi connectivity index (χ1) is 9.60. The Morgan fingerprint density at radius 2 is 1.86 bits per heavy atom. The van der Waals surface area contributed by atoms with Gasteiger partial charge in [-0.2, -0.15) is 17.6 Å². The highest BCUT2D eigenvalue weighted by molar-refractivity contribution is 5.92. The largest absolute Gasteiger partial charge is 0.401 e. The van der Waals surface area contributed by atoms with Crippen molar-refractivity contribution in [3.63, 3.8) is 0 Å². The molecule has 1 rings (SSSR count). The van der Waals surface area contributed by atoms with Crippen molar-refractivity contribution in [2.45, 2.75) is 6.18 Å². The Balaban J connectivity index is 2.72. The van der Waals surface area contributed by atoms with E-state index in [0.29, 0.717) is 6.07 Å². The van der Waals surface area contributed by atoms with Gasteiger partial charge < -0.3 is 10.6 Å². The lowest BCUT2D eigenvalue weighted by molar-refractivity contribution is -0.387. The number of alkyl halides is 3. The van der Waals surface area contributed by atoms with Crippen LogP contribution in [-0.2, 0) is 4.79 Å². The second-order valence-electron chi connectivity index (χ2n) is 3.81. The van der Waals surface area contributed by atoms with E-state index in [1.807, 2.05) is 0 Å². The smallest absolute Gasteiger partial charge is 0.322 e. The Bertz CT molecular complexity index is 562. The van der Waals surface area contributed by atoms with Crippen molar-refractivity contribution in [2.75, 3.05) is 18.4 Å². The number of nitro groups is 1. The number of benzene rings is 1. The van der Waals surface area contributed by atoms with Gasteiger partial charge in [0.2, 0.25) is 11.7 Å². The lowest BCUT2D eigenvalue weighted by Crippen LogP contribution is -2.35. The van der Waals surface area contributed by atoms with E-state index in [2.05, 4.69) is 0 Å². The molecule has 21 heavy (non-hydrogen) atoms. The van der Waals surface area contributed by atoms with Gasteiger partial charge in [-0.1, -0.05) is 0 Å². The Morgan fingerprint density at radius 3 is 2.38 bits per heavy atom. The number of halogens is 5. The maximum Gasteiger partial charge on any atom is 0.401 e. The second-order valence-corrected chi connectivity index (χ2v) is 3.81. The molecule has 0 fully saturated rings. The van der Waals surface area contributed by atoms with Crippen molar-refractivity contribution in [3.05, 3.63) is 33.9 Å². The van der Waals surface area contributed by atoms with E-state index < -0.39 is 53.1 Å². The molecule has 1 aromatic carbocycles. The zero-order valence-electron chi connectivity index (χ0n) is 10.1. The molecule has 0 spiro atoms. The number of carbonyl (C=O) groups excluding carboxylic acids is 1. The number of nitrogens with zero attached hydrogens (tertiary/aromatic N) is 1. The fraction of sp³-hybridized carbons (Fsp3) is 0.300. The molecule has 116 valence electrons. The van der Waals surface area contributed by atoms with Crippen LogP contribution in [0.4, 0.5) is 33.3 Å². The van der Waals surface area contributed by atoms with Gasteiger partial charge in [-0.05, 0) is 0 Å². The molecule has 0 aromatic heterocycles. The number of hydrogen-bond acceptors (Lipinski definition) is 4. The number of rotatable bonds is 5. The van der Waals surface area contributed by atoms with Gasteiger partial charge in [0.1, 0.15) is 5.82 Å². The number of nitro benzene ring substituents is 1. The Labute approximate surface area is 114 Å². The van der Waals surface area contributed by atoms with Crippen LogP contribution in [0.5, 0.6) is 0 Å². The van der Waals surface area contributed by atoms with Crippen molar-refractivity contribution in [2.24, 2.45) is 0 Å². The van der Waals surface area contributed by atoms with Gasteiger partial charge in [0, 0.05) is 12.1 Å². The summed E-state index contributed by atoms with van der Waals surface area (Å²) in [7, 11) is 0. The second kappa shape index (κ2) is 6.43. The predicted octanol–water partition coefficient (Wildman–Crippen LogP) is 1.96. The van der Waals surface area contributed by atoms with Crippen LogP contribution in [0, 0.1) is 21.7 Å². The third-order valence-corrected chi connectivity index (χ3v) is 2.12. The van der Waals surface area contributed by atoms with Gasteiger partial charge in [0.15, 0.2) is 0 Å². The summed E-state index contributed by atoms with van der Waals surface area (Å²) in [6.07, 6.45) is -4.53. The molecule has 0 aliphatic rings. The zero-order valence-corrected chi connectivity index (χ0v) is 10.1. The van der Waals surface area contributed by atoms with Crippen LogP contribution in [0.2, 0.25) is 0 Å². The summed E-state index contributed by atoms with van der Waals surface area (Å²) in [6, 6.07) is 0.628. The molecular formula is C10H8F5N3O3. The monoisotopic (exact) mass is 313 g/mol. The topological polar surface area (TPSA) is 84.3 Å². The zero-order chi connectivity index (χ0) is 16.2. The van der Waals surface area contributed by atoms with Crippen LogP contribution in [0.15, 0.2) is 12.1 Å². The highest BCUT2D eigenvalue weighted by atomic mass is 19.4. The maximum absolute atomic E-state index is 13.3. The molecule has 1 amide bonds. The standard InChI is InChI=1S/C10H8F5N3O3/c11-5-1-6(12)8(18(20)21)2-7(5)17-9(19)3-16-4-10(13,14)15/h1-2,16H,3-4H2,(H,17,19). The molecule has 0 saturated heterocycles. The molecular weight excluding hydrogens is 305 g/mol.